The predicted molar refractivity (Wildman–Crippen MR) is 96.5 cm³/mol. The number of amidine groups is 1. The zero-order chi connectivity index (χ0) is 17.5. The van der Waals surface area contributed by atoms with Crippen molar-refractivity contribution in [3.63, 3.8) is 0 Å². The minimum Gasteiger partial charge on any atom is -0.375 e. The quantitative estimate of drug-likeness (QED) is 0.806. The summed E-state index contributed by atoms with van der Waals surface area (Å²) in [6.07, 6.45) is 0. The number of carbonyl (C=O) groups excluding carboxylic acids is 1. The Morgan fingerprint density at radius 3 is 2.83 bits per heavy atom. The number of carbonyl (C=O) groups is 1. The van der Waals surface area contributed by atoms with E-state index in [0.29, 0.717) is 5.17 Å². The van der Waals surface area contributed by atoms with Crippen LogP contribution >= 0.6 is 11.8 Å². The molecule has 130 valence electrons. The topological polar surface area (TPSA) is 76.0 Å². The molecule has 0 radical (unpaired) electrons. The smallest absolute Gasteiger partial charge is 0.274 e. The van der Waals surface area contributed by atoms with E-state index in [1.807, 2.05) is 36.9 Å². The molecule has 2 atom stereocenters. The number of hydrogen-bond donors (Lipinski definition) is 0. The van der Waals surface area contributed by atoms with E-state index in [9.17, 15) is 13.2 Å². The van der Waals surface area contributed by atoms with Crippen molar-refractivity contribution >= 4 is 38.4 Å². The number of benzene rings is 1. The lowest BCUT2D eigenvalue weighted by Gasteiger charge is -2.26. The molecule has 3 rings (SSSR count). The molecular weight excluding hydrogens is 348 g/mol. The third-order valence-corrected chi connectivity index (χ3v) is 7.39. The molecule has 2 saturated heterocycles. The number of sulfone groups is 1. The summed E-state index contributed by atoms with van der Waals surface area (Å²) < 4.78 is 28.9. The minimum absolute atomic E-state index is 0.0850. The molecule has 1 aromatic rings. The van der Waals surface area contributed by atoms with Crippen molar-refractivity contribution in [2.75, 3.05) is 30.1 Å². The van der Waals surface area contributed by atoms with Gasteiger partial charge in [0.2, 0.25) is 0 Å². The van der Waals surface area contributed by atoms with Crippen LogP contribution in [-0.4, -0.2) is 56.0 Å². The summed E-state index contributed by atoms with van der Waals surface area (Å²) in [7, 11) is -1.61. The first-order valence-corrected chi connectivity index (χ1v) is 10.3. The predicted octanol–water partition coefficient (Wildman–Crippen LogP) is 1.55. The summed E-state index contributed by atoms with van der Waals surface area (Å²) in [5, 5.41) is 0.472. The van der Waals surface area contributed by atoms with Crippen molar-refractivity contribution < 1.29 is 17.9 Å². The van der Waals surface area contributed by atoms with Gasteiger partial charge in [-0.1, -0.05) is 23.9 Å². The van der Waals surface area contributed by atoms with Gasteiger partial charge in [-0.15, -0.1) is 0 Å². The molecule has 6 nitrogen and oxygen atoms in total. The normalized spacial score (nSPS) is 26.8. The number of rotatable bonds is 3. The van der Waals surface area contributed by atoms with Crippen LogP contribution in [0.2, 0.25) is 0 Å². The summed E-state index contributed by atoms with van der Waals surface area (Å²) in [5.41, 5.74) is 3.02. The first kappa shape index (κ1) is 17.4. The molecule has 0 N–H and O–H groups in total. The number of methoxy groups -OCH3 is 1. The zero-order valence-electron chi connectivity index (χ0n) is 13.9. The number of aryl methyl sites for hydroxylation is 2. The van der Waals surface area contributed by atoms with Crippen LogP contribution in [-0.2, 0) is 19.4 Å². The van der Waals surface area contributed by atoms with E-state index in [1.165, 1.54) is 18.9 Å². The number of anilines is 1. The number of aliphatic imine (C=N–C) groups is 1. The molecular formula is C16H20N2O4S2. The van der Waals surface area contributed by atoms with Gasteiger partial charge in [-0.3, -0.25) is 4.79 Å². The molecule has 0 bridgehead atoms. The number of ether oxygens (including phenoxy) is 1. The number of fused-ring (bicyclic) bond motifs is 1. The highest BCUT2D eigenvalue weighted by molar-refractivity contribution is 8.16. The number of hydrogen-bond acceptors (Lipinski definition) is 5. The molecule has 2 aliphatic heterocycles. The lowest BCUT2D eigenvalue weighted by molar-refractivity contribution is -0.121. The highest BCUT2D eigenvalue weighted by Crippen LogP contribution is 2.42. The van der Waals surface area contributed by atoms with Crippen LogP contribution in [0.25, 0.3) is 0 Å². The van der Waals surface area contributed by atoms with Gasteiger partial charge in [-0.25, -0.2) is 8.42 Å². The maximum Gasteiger partial charge on any atom is 0.274 e. The van der Waals surface area contributed by atoms with Crippen LogP contribution in [0.1, 0.15) is 11.1 Å². The number of nitrogens with zero attached hydrogens (tertiary/aromatic N) is 2. The fraction of sp³-hybridized carbons (Fsp3) is 0.500. The Morgan fingerprint density at radius 1 is 1.38 bits per heavy atom. The van der Waals surface area contributed by atoms with Crippen molar-refractivity contribution in [1.29, 1.82) is 0 Å². The van der Waals surface area contributed by atoms with Gasteiger partial charge >= 0.3 is 0 Å². The monoisotopic (exact) mass is 368 g/mol. The Kier molecular flexibility index (Phi) is 4.72. The largest absolute Gasteiger partial charge is 0.375 e. The Morgan fingerprint density at radius 2 is 2.12 bits per heavy atom. The van der Waals surface area contributed by atoms with E-state index < -0.39 is 9.84 Å². The second-order valence-corrected chi connectivity index (χ2v) is 9.54. The maximum atomic E-state index is 12.0. The third-order valence-electron chi connectivity index (χ3n) is 4.18. The first-order valence-electron chi connectivity index (χ1n) is 7.65. The lowest BCUT2D eigenvalue weighted by atomic mass is 10.1. The summed E-state index contributed by atoms with van der Waals surface area (Å²) in [6.45, 7) is 3.88. The van der Waals surface area contributed by atoms with Gasteiger partial charge in [0, 0.05) is 18.0 Å². The van der Waals surface area contributed by atoms with Crippen molar-refractivity contribution in [3.8, 4) is 0 Å². The molecule has 0 aliphatic carbocycles. The average Bonchev–Trinajstić information content (AvgIpc) is 2.93. The van der Waals surface area contributed by atoms with E-state index in [2.05, 4.69) is 4.99 Å². The van der Waals surface area contributed by atoms with Gasteiger partial charge in [0.1, 0.15) is 6.61 Å². The molecule has 8 heteroatoms. The van der Waals surface area contributed by atoms with Gasteiger partial charge in [0.25, 0.3) is 5.91 Å². The summed E-state index contributed by atoms with van der Waals surface area (Å²) >= 11 is 1.38. The fourth-order valence-corrected chi connectivity index (χ4v) is 7.01. The second-order valence-electron chi connectivity index (χ2n) is 6.18. The zero-order valence-corrected chi connectivity index (χ0v) is 15.5. The van der Waals surface area contributed by atoms with Crippen LogP contribution in [0.5, 0.6) is 0 Å². The Labute approximate surface area is 146 Å². The van der Waals surface area contributed by atoms with Gasteiger partial charge in [-0.2, -0.15) is 4.99 Å². The molecule has 1 amide bonds. The molecule has 0 saturated carbocycles. The van der Waals surface area contributed by atoms with E-state index in [-0.39, 0.29) is 35.3 Å². The van der Waals surface area contributed by atoms with Crippen LogP contribution in [0, 0.1) is 13.8 Å². The lowest BCUT2D eigenvalue weighted by Crippen LogP contribution is -2.38. The van der Waals surface area contributed by atoms with E-state index in [4.69, 9.17) is 4.74 Å². The standard InChI is InChI=1S/C16H20N2O4S2/c1-10-4-5-11(2)12(6-10)18-13-8-24(20,21)9-14(13)23-16(18)17-15(19)7-22-3/h4-6,13-14H,7-9H2,1-3H3/t13-,14-/m0/s1. The van der Waals surface area contributed by atoms with Crippen LogP contribution < -0.4 is 4.90 Å². The summed E-state index contributed by atoms with van der Waals surface area (Å²) in [6, 6.07) is 5.84. The number of amides is 1. The molecule has 0 unspecified atom stereocenters. The minimum atomic E-state index is -3.06. The highest BCUT2D eigenvalue weighted by atomic mass is 32.2. The van der Waals surface area contributed by atoms with E-state index in [0.717, 1.165) is 16.8 Å². The van der Waals surface area contributed by atoms with E-state index in [1.54, 1.807) is 0 Å². The van der Waals surface area contributed by atoms with Crippen molar-refractivity contribution in [2.45, 2.75) is 25.1 Å². The number of thioether (sulfide) groups is 1. The van der Waals surface area contributed by atoms with Crippen LogP contribution in [0.4, 0.5) is 5.69 Å². The SMILES string of the molecule is COCC(=O)N=C1S[C@H]2CS(=O)(=O)C[C@@H]2N1c1cc(C)ccc1C. The fourth-order valence-electron chi connectivity index (χ4n) is 3.09. The first-order chi connectivity index (χ1) is 11.3. The van der Waals surface area contributed by atoms with Gasteiger partial charge in [0.15, 0.2) is 15.0 Å². The molecule has 2 fully saturated rings. The van der Waals surface area contributed by atoms with E-state index >= 15 is 0 Å². The molecule has 2 heterocycles. The molecule has 1 aromatic carbocycles. The summed E-state index contributed by atoms with van der Waals surface area (Å²) in [5.74, 6) is -0.144. The third kappa shape index (κ3) is 3.36. The van der Waals surface area contributed by atoms with Crippen molar-refractivity contribution in [1.82, 2.24) is 0 Å². The van der Waals surface area contributed by atoms with Crippen LogP contribution in [0.15, 0.2) is 23.2 Å². The Hall–Kier alpha value is -1.38. The van der Waals surface area contributed by atoms with Crippen molar-refractivity contribution in [2.24, 2.45) is 4.99 Å². The second kappa shape index (κ2) is 6.50. The van der Waals surface area contributed by atoms with Gasteiger partial charge < -0.3 is 9.64 Å². The maximum absolute atomic E-state index is 12.0. The van der Waals surface area contributed by atoms with Crippen LogP contribution in [0.3, 0.4) is 0 Å². The Bertz CT molecular complexity index is 804. The van der Waals surface area contributed by atoms with Crippen molar-refractivity contribution in [3.05, 3.63) is 29.3 Å². The molecule has 0 spiro atoms. The highest BCUT2D eigenvalue weighted by Gasteiger charge is 2.49. The summed E-state index contributed by atoms with van der Waals surface area (Å²) in [4.78, 5) is 18.0. The molecule has 2 aliphatic rings. The van der Waals surface area contributed by atoms with Gasteiger partial charge in [0.05, 0.1) is 17.5 Å². The molecule has 24 heavy (non-hydrogen) atoms. The average molecular weight is 368 g/mol. The Balaban J connectivity index is 2.04. The molecule has 0 aromatic heterocycles. The van der Waals surface area contributed by atoms with Gasteiger partial charge in [-0.05, 0) is 31.0 Å².